The number of hydrogen-bond acceptors (Lipinski definition) is 5. The zero-order valence-electron chi connectivity index (χ0n) is 16.3. The minimum absolute atomic E-state index is 0.0665. The van der Waals surface area contributed by atoms with Crippen LogP contribution in [-0.4, -0.2) is 38.5 Å². The number of halogens is 3. The molecule has 27 heavy (non-hydrogen) atoms. The minimum Gasteiger partial charge on any atom is -0.497 e. The summed E-state index contributed by atoms with van der Waals surface area (Å²) in [4.78, 5) is 11.9. The second kappa shape index (κ2) is 7.35. The van der Waals surface area contributed by atoms with Gasteiger partial charge in [0.2, 0.25) is 0 Å². The van der Waals surface area contributed by atoms with E-state index in [0.29, 0.717) is 0 Å². The molecule has 0 radical (unpaired) electrons. The van der Waals surface area contributed by atoms with Crippen LogP contribution in [0.25, 0.3) is 0 Å². The van der Waals surface area contributed by atoms with Crippen molar-refractivity contribution in [1.82, 2.24) is 0 Å². The van der Waals surface area contributed by atoms with Crippen LogP contribution in [0, 0.1) is 0 Å². The summed E-state index contributed by atoms with van der Waals surface area (Å²) < 4.78 is 62.5. The van der Waals surface area contributed by atoms with Crippen LogP contribution in [0.3, 0.4) is 0 Å². The molecular weight excluding hydrogens is 364 g/mol. The van der Waals surface area contributed by atoms with Crippen molar-refractivity contribution in [2.24, 2.45) is 0 Å². The van der Waals surface area contributed by atoms with Gasteiger partial charge in [-0.1, -0.05) is 6.07 Å². The van der Waals surface area contributed by atoms with Crippen LogP contribution in [0.1, 0.15) is 51.1 Å². The normalized spacial score (nSPS) is 19.7. The molecule has 1 aromatic rings. The number of alkyl halides is 3. The number of ether oxygens (including phenoxy) is 2. The minimum atomic E-state index is -4.64. The van der Waals surface area contributed by atoms with Gasteiger partial charge >= 0.3 is 19.3 Å². The first kappa shape index (κ1) is 21.6. The molecule has 0 aromatic heterocycles. The fourth-order valence-electron chi connectivity index (χ4n) is 2.90. The van der Waals surface area contributed by atoms with Gasteiger partial charge < -0.3 is 18.8 Å². The first-order chi connectivity index (χ1) is 12.3. The van der Waals surface area contributed by atoms with Crippen molar-refractivity contribution in [3.63, 3.8) is 0 Å². The Hall–Kier alpha value is -1.74. The van der Waals surface area contributed by atoms with Gasteiger partial charge in [-0.05, 0) is 45.4 Å². The van der Waals surface area contributed by atoms with E-state index in [1.807, 2.05) is 0 Å². The Morgan fingerprint density at radius 3 is 2.15 bits per heavy atom. The molecule has 150 valence electrons. The molecule has 1 aliphatic heterocycles. The summed E-state index contributed by atoms with van der Waals surface area (Å²) in [6, 6.07) is 3.62. The molecule has 1 aliphatic rings. The largest absolute Gasteiger partial charge is 0.497 e. The number of methoxy groups -OCH3 is 2. The molecule has 0 bridgehead atoms. The van der Waals surface area contributed by atoms with E-state index in [-0.39, 0.29) is 17.7 Å². The van der Waals surface area contributed by atoms with Crippen molar-refractivity contribution < 1.29 is 36.7 Å². The van der Waals surface area contributed by atoms with Crippen molar-refractivity contribution in [2.75, 3.05) is 14.2 Å². The number of carbonyl (C=O) groups excluding carboxylic acids is 1. The van der Waals surface area contributed by atoms with E-state index >= 15 is 0 Å². The lowest BCUT2D eigenvalue weighted by molar-refractivity contribution is -0.142. The Labute approximate surface area is 157 Å². The molecule has 1 unspecified atom stereocenters. The molecule has 0 N–H and O–H groups in total. The van der Waals surface area contributed by atoms with Gasteiger partial charge in [-0.25, -0.2) is 0 Å². The van der Waals surface area contributed by atoms with Gasteiger partial charge in [-0.2, -0.15) is 13.2 Å². The molecule has 5 nitrogen and oxygen atoms in total. The second-order valence-electron chi connectivity index (χ2n) is 7.46. The highest BCUT2D eigenvalue weighted by atomic mass is 19.4. The SMILES string of the molecule is COC(=O)CC(B1OC(C)(C)C(C)(C)O1)c1ccc(OC)cc1C(F)(F)F. The molecule has 0 amide bonds. The van der Waals surface area contributed by atoms with Gasteiger partial charge in [-0.3, -0.25) is 4.79 Å². The third-order valence-corrected chi connectivity index (χ3v) is 5.18. The van der Waals surface area contributed by atoms with Crippen molar-refractivity contribution in [3.8, 4) is 5.75 Å². The summed E-state index contributed by atoms with van der Waals surface area (Å²) in [6.07, 6.45) is -4.95. The number of esters is 1. The van der Waals surface area contributed by atoms with Crippen LogP contribution in [0.2, 0.25) is 0 Å². The van der Waals surface area contributed by atoms with Crippen LogP contribution in [0.15, 0.2) is 18.2 Å². The lowest BCUT2D eigenvalue weighted by atomic mass is 9.65. The predicted molar refractivity (Wildman–Crippen MR) is 93.5 cm³/mol. The molecule has 1 aromatic carbocycles. The van der Waals surface area contributed by atoms with E-state index in [4.69, 9.17) is 14.0 Å². The quantitative estimate of drug-likeness (QED) is 0.564. The van der Waals surface area contributed by atoms with E-state index in [1.54, 1.807) is 27.7 Å². The fraction of sp³-hybridized carbons (Fsp3) is 0.611. The maximum absolute atomic E-state index is 13.7. The Morgan fingerprint density at radius 2 is 1.70 bits per heavy atom. The summed E-state index contributed by atoms with van der Waals surface area (Å²) >= 11 is 0. The Kier molecular flexibility index (Phi) is 5.87. The van der Waals surface area contributed by atoms with Crippen LogP contribution < -0.4 is 4.74 Å². The lowest BCUT2D eigenvalue weighted by Gasteiger charge is -2.32. The average Bonchev–Trinajstić information content (AvgIpc) is 2.78. The molecule has 1 fully saturated rings. The zero-order chi connectivity index (χ0) is 20.6. The van der Waals surface area contributed by atoms with Gasteiger partial charge in [-0.15, -0.1) is 0 Å². The highest BCUT2D eigenvalue weighted by molar-refractivity contribution is 6.48. The van der Waals surface area contributed by atoms with E-state index < -0.39 is 41.8 Å². The third kappa shape index (κ3) is 4.40. The predicted octanol–water partition coefficient (Wildman–Crippen LogP) is 3.99. The first-order valence-electron chi connectivity index (χ1n) is 8.50. The molecular formula is C18H24BF3O5. The third-order valence-electron chi connectivity index (χ3n) is 5.18. The smallest absolute Gasteiger partial charge is 0.466 e. The highest BCUT2D eigenvalue weighted by Crippen LogP contribution is 2.45. The molecule has 0 spiro atoms. The summed E-state index contributed by atoms with van der Waals surface area (Å²) in [6.45, 7) is 7.17. The summed E-state index contributed by atoms with van der Waals surface area (Å²) in [7, 11) is 1.43. The van der Waals surface area contributed by atoms with Crippen molar-refractivity contribution in [1.29, 1.82) is 0 Å². The van der Waals surface area contributed by atoms with Gasteiger partial charge in [0.15, 0.2) is 0 Å². The molecule has 2 rings (SSSR count). The lowest BCUT2D eigenvalue weighted by Crippen LogP contribution is -2.41. The number of benzene rings is 1. The summed E-state index contributed by atoms with van der Waals surface area (Å²) in [5.74, 6) is -1.59. The van der Waals surface area contributed by atoms with Gasteiger partial charge in [0, 0.05) is 5.82 Å². The Balaban J connectivity index is 2.54. The van der Waals surface area contributed by atoms with Crippen LogP contribution >= 0.6 is 0 Å². The molecule has 9 heteroatoms. The Bertz CT molecular complexity index is 687. The first-order valence-corrected chi connectivity index (χ1v) is 8.50. The fourth-order valence-corrected chi connectivity index (χ4v) is 2.90. The zero-order valence-corrected chi connectivity index (χ0v) is 16.3. The van der Waals surface area contributed by atoms with Gasteiger partial charge in [0.25, 0.3) is 0 Å². The topological polar surface area (TPSA) is 54.0 Å². The molecule has 1 saturated heterocycles. The van der Waals surface area contributed by atoms with Crippen LogP contribution in [0.5, 0.6) is 5.75 Å². The van der Waals surface area contributed by atoms with Gasteiger partial charge in [0.05, 0.1) is 37.4 Å². The van der Waals surface area contributed by atoms with Gasteiger partial charge in [0.1, 0.15) is 5.75 Å². The van der Waals surface area contributed by atoms with Crippen LogP contribution in [0.4, 0.5) is 13.2 Å². The second-order valence-corrected chi connectivity index (χ2v) is 7.46. The number of hydrogen-bond donors (Lipinski definition) is 0. The maximum atomic E-state index is 13.7. The molecule has 0 aliphatic carbocycles. The van der Waals surface area contributed by atoms with Crippen molar-refractivity contribution in [3.05, 3.63) is 29.3 Å². The molecule has 0 saturated carbocycles. The van der Waals surface area contributed by atoms with Crippen molar-refractivity contribution >= 4 is 13.1 Å². The van der Waals surface area contributed by atoms with E-state index in [9.17, 15) is 18.0 Å². The van der Waals surface area contributed by atoms with E-state index in [0.717, 1.165) is 6.07 Å². The van der Waals surface area contributed by atoms with E-state index in [2.05, 4.69) is 4.74 Å². The standard InChI is InChI=1S/C18H24BF3O5/c1-16(2)17(3,4)27-19(26-16)14(10-15(23)25-6)12-8-7-11(24-5)9-13(12)18(20,21)22/h7-9,14H,10H2,1-6H3. The molecule has 1 atom stereocenters. The number of carbonyl (C=O) groups is 1. The van der Waals surface area contributed by atoms with E-state index in [1.165, 1.54) is 26.4 Å². The van der Waals surface area contributed by atoms with Crippen LogP contribution in [-0.2, 0) is 25.0 Å². The number of rotatable bonds is 5. The maximum Gasteiger partial charge on any atom is 0.466 e. The molecule has 1 heterocycles. The Morgan fingerprint density at radius 1 is 1.15 bits per heavy atom. The monoisotopic (exact) mass is 388 g/mol. The summed E-state index contributed by atoms with van der Waals surface area (Å²) in [5, 5.41) is 0. The van der Waals surface area contributed by atoms with Crippen molar-refractivity contribution in [2.45, 2.75) is 57.3 Å². The summed E-state index contributed by atoms with van der Waals surface area (Å²) in [5.41, 5.74) is -2.51. The highest BCUT2D eigenvalue weighted by Gasteiger charge is 2.55. The average molecular weight is 388 g/mol.